The van der Waals surface area contributed by atoms with Gasteiger partial charge in [-0.15, -0.1) is 0 Å². The van der Waals surface area contributed by atoms with Crippen molar-refractivity contribution < 1.29 is 18.7 Å². The van der Waals surface area contributed by atoms with Crippen molar-refractivity contribution in [3.05, 3.63) is 53.8 Å². The van der Waals surface area contributed by atoms with Gasteiger partial charge in [-0.25, -0.2) is 9.18 Å². The molecule has 2 aliphatic heterocycles. The summed E-state index contributed by atoms with van der Waals surface area (Å²) in [6, 6.07) is 11.3. The lowest BCUT2D eigenvalue weighted by Gasteiger charge is -2.26. The Morgan fingerprint density at radius 3 is 2.76 bits per heavy atom. The van der Waals surface area contributed by atoms with E-state index in [-0.39, 0.29) is 23.8 Å². The number of likely N-dealkylation sites (tertiary alicyclic amines) is 1. The highest BCUT2D eigenvalue weighted by Gasteiger charge is 2.30. The molecular weight excluding hydrogens is 373 g/mol. The number of urea groups is 1. The van der Waals surface area contributed by atoms with E-state index in [0.717, 1.165) is 24.8 Å². The van der Waals surface area contributed by atoms with Gasteiger partial charge in [-0.2, -0.15) is 0 Å². The highest BCUT2D eigenvalue weighted by molar-refractivity contribution is 5.97. The van der Waals surface area contributed by atoms with Crippen molar-refractivity contribution in [2.45, 2.75) is 31.7 Å². The largest absolute Gasteiger partial charge is 0.494 e. The molecule has 0 spiro atoms. The van der Waals surface area contributed by atoms with E-state index >= 15 is 0 Å². The summed E-state index contributed by atoms with van der Waals surface area (Å²) in [5, 5.41) is 2.91. The predicted octanol–water partition coefficient (Wildman–Crippen LogP) is 4.33. The molecule has 4 rings (SSSR count). The second-order valence-corrected chi connectivity index (χ2v) is 7.37. The summed E-state index contributed by atoms with van der Waals surface area (Å²) in [4.78, 5) is 28.4. The number of hydrogen-bond acceptors (Lipinski definition) is 3. The Hall–Kier alpha value is -3.09. The van der Waals surface area contributed by atoms with Crippen molar-refractivity contribution >= 4 is 23.3 Å². The van der Waals surface area contributed by atoms with E-state index in [0.29, 0.717) is 36.6 Å². The normalized spacial score (nSPS) is 19.0. The van der Waals surface area contributed by atoms with Gasteiger partial charge in [-0.1, -0.05) is 12.1 Å². The molecule has 2 heterocycles. The molecule has 0 aliphatic carbocycles. The Morgan fingerprint density at radius 2 is 2.03 bits per heavy atom. The number of nitrogens with zero attached hydrogens (tertiary/aromatic N) is 2. The van der Waals surface area contributed by atoms with Gasteiger partial charge in [-0.3, -0.25) is 4.79 Å². The van der Waals surface area contributed by atoms with Gasteiger partial charge in [0.2, 0.25) is 5.91 Å². The van der Waals surface area contributed by atoms with Crippen LogP contribution in [-0.2, 0) is 4.79 Å². The maximum atomic E-state index is 13.6. The molecule has 152 valence electrons. The number of ether oxygens (including phenoxy) is 1. The monoisotopic (exact) mass is 397 g/mol. The minimum atomic E-state index is -0.299. The van der Waals surface area contributed by atoms with Gasteiger partial charge in [-0.05, 0) is 49.1 Å². The second-order valence-electron chi connectivity index (χ2n) is 7.37. The minimum absolute atomic E-state index is 0.0788. The first-order valence-electron chi connectivity index (χ1n) is 9.88. The Labute approximate surface area is 169 Å². The molecule has 3 amide bonds. The van der Waals surface area contributed by atoms with Crippen molar-refractivity contribution in [1.82, 2.24) is 4.90 Å². The molecule has 1 N–H and O–H groups in total. The van der Waals surface area contributed by atoms with Crippen LogP contribution in [0.25, 0.3) is 0 Å². The molecule has 2 aliphatic rings. The van der Waals surface area contributed by atoms with Crippen molar-refractivity contribution in [3.63, 3.8) is 0 Å². The topological polar surface area (TPSA) is 61.9 Å². The van der Waals surface area contributed by atoms with Crippen LogP contribution in [0, 0.1) is 5.82 Å². The second kappa shape index (κ2) is 8.11. The summed E-state index contributed by atoms with van der Waals surface area (Å²) in [5.74, 6) is 0.322. The van der Waals surface area contributed by atoms with Gasteiger partial charge >= 0.3 is 6.03 Å². The highest BCUT2D eigenvalue weighted by atomic mass is 19.1. The van der Waals surface area contributed by atoms with Crippen LogP contribution in [0.1, 0.15) is 37.3 Å². The third kappa shape index (κ3) is 3.90. The summed E-state index contributed by atoms with van der Waals surface area (Å²) in [6.45, 7) is 1.29. The summed E-state index contributed by atoms with van der Waals surface area (Å²) < 4.78 is 19.1. The van der Waals surface area contributed by atoms with Crippen LogP contribution in [0.4, 0.5) is 20.6 Å². The summed E-state index contributed by atoms with van der Waals surface area (Å²) in [6.07, 6.45) is 3.04. The zero-order chi connectivity index (χ0) is 20.4. The lowest BCUT2D eigenvalue weighted by molar-refractivity contribution is -0.117. The predicted molar refractivity (Wildman–Crippen MR) is 109 cm³/mol. The number of amides is 3. The average molecular weight is 397 g/mol. The van der Waals surface area contributed by atoms with Crippen LogP contribution in [-0.4, -0.2) is 37.0 Å². The molecule has 2 saturated heterocycles. The number of hydrogen-bond donors (Lipinski definition) is 1. The third-order valence-electron chi connectivity index (χ3n) is 5.54. The Morgan fingerprint density at radius 1 is 1.17 bits per heavy atom. The zero-order valence-corrected chi connectivity index (χ0v) is 16.4. The maximum absolute atomic E-state index is 13.6. The molecule has 29 heavy (non-hydrogen) atoms. The molecule has 0 bridgehead atoms. The number of rotatable bonds is 4. The first-order chi connectivity index (χ1) is 14.1. The van der Waals surface area contributed by atoms with Gasteiger partial charge in [0.15, 0.2) is 0 Å². The third-order valence-corrected chi connectivity index (χ3v) is 5.54. The van der Waals surface area contributed by atoms with Gasteiger partial charge in [0, 0.05) is 31.3 Å². The van der Waals surface area contributed by atoms with E-state index in [9.17, 15) is 14.0 Å². The molecule has 7 heteroatoms. The van der Waals surface area contributed by atoms with Crippen molar-refractivity contribution in [2.75, 3.05) is 30.4 Å². The van der Waals surface area contributed by atoms with Crippen LogP contribution in [0.15, 0.2) is 42.5 Å². The van der Waals surface area contributed by atoms with E-state index in [1.165, 1.54) is 12.1 Å². The van der Waals surface area contributed by atoms with E-state index in [4.69, 9.17) is 4.74 Å². The van der Waals surface area contributed by atoms with Crippen LogP contribution < -0.4 is 15.0 Å². The minimum Gasteiger partial charge on any atom is -0.494 e. The summed E-state index contributed by atoms with van der Waals surface area (Å²) in [5.41, 5.74) is 2.11. The van der Waals surface area contributed by atoms with Crippen molar-refractivity contribution in [1.29, 1.82) is 0 Å². The smallest absolute Gasteiger partial charge is 0.322 e. The van der Waals surface area contributed by atoms with E-state index in [2.05, 4.69) is 5.32 Å². The Balaban J connectivity index is 1.51. The van der Waals surface area contributed by atoms with Crippen LogP contribution in [0.2, 0.25) is 0 Å². The maximum Gasteiger partial charge on any atom is 0.322 e. The molecular formula is C22H24FN3O3. The number of anilines is 2. The number of methoxy groups -OCH3 is 1. The lowest BCUT2D eigenvalue weighted by Crippen LogP contribution is -2.34. The summed E-state index contributed by atoms with van der Waals surface area (Å²) >= 11 is 0. The van der Waals surface area contributed by atoms with Gasteiger partial charge < -0.3 is 19.9 Å². The molecule has 0 saturated carbocycles. The summed E-state index contributed by atoms with van der Waals surface area (Å²) in [7, 11) is 1.55. The quantitative estimate of drug-likeness (QED) is 0.835. The number of benzene rings is 2. The standard InChI is InChI=1S/C22H24FN3O3/c1-29-20-14-17(9-10-19(20)25-11-4-8-21(25)27)24-22(28)26-12-3-7-18(26)15-5-2-6-16(23)13-15/h2,5-6,9-10,13-14,18H,3-4,7-8,11-12H2,1H3,(H,24,28)/t18-/m0/s1. The molecule has 0 radical (unpaired) electrons. The molecule has 1 atom stereocenters. The molecule has 2 aromatic carbocycles. The lowest BCUT2D eigenvalue weighted by atomic mass is 10.0. The fourth-order valence-corrected chi connectivity index (χ4v) is 4.15. The average Bonchev–Trinajstić information content (AvgIpc) is 3.37. The number of halogens is 1. The van der Waals surface area contributed by atoms with Gasteiger partial charge in [0.25, 0.3) is 0 Å². The van der Waals surface area contributed by atoms with Crippen molar-refractivity contribution in [2.24, 2.45) is 0 Å². The number of carbonyl (C=O) groups is 2. The highest BCUT2D eigenvalue weighted by Crippen LogP contribution is 2.35. The first-order valence-corrected chi connectivity index (χ1v) is 9.88. The molecule has 0 unspecified atom stereocenters. The molecule has 2 aromatic rings. The van der Waals surface area contributed by atoms with E-state index in [1.807, 2.05) is 6.07 Å². The van der Waals surface area contributed by atoms with Crippen LogP contribution >= 0.6 is 0 Å². The van der Waals surface area contributed by atoms with Gasteiger partial charge in [0.05, 0.1) is 18.8 Å². The molecule has 2 fully saturated rings. The molecule has 6 nitrogen and oxygen atoms in total. The number of carbonyl (C=O) groups excluding carboxylic acids is 2. The first kappa shape index (κ1) is 19.2. The Kier molecular flexibility index (Phi) is 5.38. The SMILES string of the molecule is COc1cc(NC(=O)N2CCC[C@H]2c2cccc(F)c2)ccc1N1CCCC1=O. The van der Waals surface area contributed by atoms with Gasteiger partial charge in [0.1, 0.15) is 11.6 Å². The molecule has 0 aromatic heterocycles. The van der Waals surface area contributed by atoms with E-state index in [1.54, 1.807) is 41.2 Å². The van der Waals surface area contributed by atoms with Crippen LogP contribution in [0.3, 0.4) is 0 Å². The van der Waals surface area contributed by atoms with E-state index < -0.39 is 0 Å². The fraction of sp³-hybridized carbons (Fsp3) is 0.364. The van der Waals surface area contributed by atoms with Crippen LogP contribution in [0.5, 0.6) is 5.75 Å². The Bertz CT molecular complexity index is 933. The number of nitrogens with one attached hydrogen (secondary N) is 1. The fourth-order valence-electron chi connectivity index (χ4n) is 4.15. The zero-order valence-electron chi connectivity index (χ0n) is 16.4. The van der Waals surface area contributed by atoms with Crippen molar-refractivity contribution in [3.8, 4) is 5.75 Å².